The van der Waals surface area contributed by atoms with Crippen molar-refractivity contribution in [1.29, 1.82) is 0 Å². The third-order valence-electron chi connectivity index (χ3n) is 7.23. The van der Waals surface area contributed by atoms with Crippen LogP contribution in [0.15, 0.2) is 54.9 Å². The zero-order valence-corrected chi connectivity index (χ0v) is 21.1. The van der Waals surface area contributed by atoms with Gasteiger partial charge in [0.1, 0.15) is 5.82 Å². The van der Waals surface area contributed by atoms with E-state index in [1.54, 1.807) is 24.3 Å². The van der Waals surface area contributed by atoms with Gasteiger partial charge in [0.05, 0.1) is 28.2 Å². The molecule has 39 heavy (non-hydrogen) atoms. The quantitative estimate of drug-likeness (QED) is 0.433. The number of aliphatic hydroxyl groups is 1. The summed E-state index contributed by atoms with van der Waals surface area (Å²) < 4.78 is 53.4. The molecule has 1 saturated carbocycles. The first kappa shape index (κ1) is 27.0. The van der Waals surface area contributed by atoms with E-state index in [4.69, 9.17) is 11.6 Å². The molecule has 1 aliphatic heterocycles. The van der Waals surface area contributed by atoms with E-state index in [-0.39, 0.29) is 29.2 Å². The van der Waals surface area contributed by atoms with Gasteiger partial charge in [0, 0.05) is 24.3 Å². The first-order chi connectivity index (χ1) is 18.5. The number of alkyl halides is 3. The standard InChI is InChI=1S/C27H23ClF4N4O3/c28-16-11-19(23(34-12-16)27(30,31)32)24(37)35-18-8-5-15(6-9-18)14-36-21-4-2-1-3-20(21)26(39,25(36)38)22-10-7-17(29)13-33-22/h1-4,7,10-13,15,18,39H,5-6,8-9,14H2,(H,35,37)/t15-,18-,26?. The summed E-state index contributed by atoms with van der Waals surface area (Å²) in [4.78, 5) is 35.0. The molecule has 0 bridgehead atoms. The number of nitrogens with one attached hydrogen (secondary N) is 1. The van der Waals surface area contributed by atoms with E-state index < -0.39 is 40.7 Å². The van der Waals surface area contributed by atoms with E-state index in [1.165, 1.54) is 11.0 Å². The highest BCUT2D eigenvalue weighted by molar-refractivity contribution is 6.30. The highest BCUT2D eigenvalue weighted by Crippen LogP contribution is 2.44. The first-order valence-corrected chi connectivity index (χ1v) is 12.7. The van der Waals surface area contributed by atoms with Gasteiger partial charge in [-0.15, -0.1) is 0 Å². The Morgan fingerprint density at radius 2 is 1.82 bits per heavy atom. The van der Waals surface area contributed by atoms with E-state index in [2.05, 4.69) is 15.3 Å². The van der Waals surface area contributed by atoms with Gasteiger partial charge in [0.2, 0.25) is 5.60 Å². The van der Waals surface area contributed by atoms with Gasteiger partial charge in [-0.05, 0) is 55.9 Å². The monoisotopic (exact) mass is 562 g/mol. The molecule has 2 aromatic heterocycles. The van der Waals surface area contributed by atoms with Crippen LogP contribution in [0.3, 0.4) is 0 Å². The predicted octanol–water partition coefficient (Wildman–Crippen LogP) is 4.86. The molecule has 1 fully saturated rings. The SMILES string of the molecule is O=C(N[C@H]1CC[C@H](CN2C(=O)C(O)(c3ccc(F)cn3)c3ccccc32)CC1)c1cc(Cl)cnc1C(F)(F)F. The molecular weight excluding hydrogens is 540 g/mol. The number of carbonyl (C=O) groups is 2. The number of rotatable bonds is 5. The van der Waals surface area contributed by atoms with Gasteiger partial charge in [0.15, 0.2) is 5.69 Å². The van der Waals surface area contributed by atoms with Crippen LogP contribution < -0.4 is 10.2 Å². The fourth-order valence-corrected chi connectivity index (χ4v) is 5.46. The molecule has 2 amide bonds. The van der Waals surface area contributed by atoms with Gasteiger partial charge in [0.25, 0.3) is 11.8 Å². The number of anilines is 1. The number of aromatic nitrogens is 2. The van der Waals surface area contributed by atoms with Crippen molar-refractivity contribution in [3.05, 3.63) is 88.2 Å². The van der Waals surface area contributed by atoms with Crippen LogP contribution in [0.4, 0.5) is 23.2 Å². The normalized spacial score (nSPS) is 23.0. The molecule has 0 radical (unpaired) electrons. The van der Waals surface area contributed by atoms with E-state index in [1.807, 2.05) is 0 Å². The molecule has 1 aliphatic carbocycles. The Labute approximate surface area is 225 Å². The number of nitrogens with zero attached hydrogens (tertiary/aromatic N) is 3. The van der Waals surface area contributed by atoms with Gasteiger partial charge < -0.3 is 15.3 Å². The van der Waals surface area contributed by atoms with Crippen LogP contribution in [0.25, 0.3) is 0 Å². The number of hydrogen-bond acceptors (Lipinski definition) is 5. The summed E-state index contributed by atoms with van der Waals surface area (Å²) in [7, 11) is 0. The minimum Gasteiger partial charge on any atom is -0.370 e. The van der Waals surface area contributed by atoms with Gasteiger partial charge in [-0.25, -0.2) is 9.37 Å². The van der Waals surface area contributed by atoms with E-state index >= 15 is 0 Å². The number of fused-ring (bicyclic) bond motifs is 1. The molecule has 1 atom stereocenters. The number of carbonyl (C=O) groups excluding carboxylic acids is 2. The van der Waals surface area contributed by atoms with Gasteiger partial charge in [-0.2, -0.15) is 13.2 Å². The molecule has 204 valence electrons. The van der Waals surface area contributed by atoms with Crippen LogP contribution >= 0.6 is 11.6 Å². The molecule has 3 aromatic rings. The van der Waals surface area contributed by atoms with Crippen LogP contribution in [0, 0.1) is 11.7 Å². The molecule has 1 unspecified atom stereocenters. The van der Waals surface area contributed by atoms with Crippen molar-refractivity contribution in [1.82, 2.24) is 15.3 Å². The summed E-state index contributed by atoms with van der Waals surface area (Å²) in [5.41, 5.74) is -3.09. The topological polar surface area (TPSA) is 95.4 Å². The molecule has 0 saturated heterocycles. The molecule has 3 heterocycles. The average Bonchev–Trinajstić information content (AvgIpc) is 3.12. The Hall–Kier alpha value is -3.57. The van der Waals surface area contributed by atoms with Crippen molar-refractivity contribution in [2.24, 2.45) is 5.92 Å². The molecule has 0 spiro atoms. The number of para-hydroxylation sites is 1. The summed E-state index contributed by atoms with van der Waals surface area (Å²) in [5, 5.41) is 14.1. The Morgan fingerprint density at radius 3 is 2.49 bits per heavy atom. The van der Waals surface area contributed by atoms with E-state index in [0.717, 1.165) is 24.5 Å². The lowest BCUT2D eigenvalue weighted by atomic mass is 9.85. The lowest BCUT2D eigenvalue weighted by Crippen LogP contribution is -2.45. The van der Waals surface area contributed by atoms with E-state index in [0.29, 0.717) is 36.9 Å². The zero-order chi connectivity index (χ0) is 27.9. The van der Waals surface area contributed by atoms with Crippen LogP contribution in [-0.2, 0) is 16.6 Å². The second-order valence-electron chi connectivity index (χ2n) is 9.74. The summed E-state index contributed by atoms with van der Waals surface area (Å²) in [6, 6.07) is 9.78. The number of benzene rings is 1. The number of pyridine rings is 2. The molecule has 2 N–H and O–H groups in total. The van der Waals surface area contributed by atoms with Crippen molar-refractivity contribution in [3.8, 4) is 0 Å². The summed E-state index contributed by atoms with van der Waals surface area (Å²) in [6.07, 6.45) is -0.874. The first-order valence-electron chi connectivity index (χ1n) is 12.3. The smallest absolute Gasteiger partial charge is 0.370 e. The molecular formula is C27H23ClF4N4O3. The Morgan fingerprint density at radius 1 is 1.10 bits per heavy atom. The lowest BCUT2D eigenvalue weighted by Gasteiger charge is -2.32. The van der Waals surface area contributed by atoms with Crippen molar-refractivity contribution in [3.63, 3.8) is 0 Å². The maximum atomic E-state index is 13.5. The Kier molecular flexibility index (Phi) is 7.06. The Balaban J connectivity index is 1.27. The maximum Gasteiger partial charge on any atom is 0.434 e. The fraction of sp³-hybridized carbons (Fsp3) is 0.333. The Bertz CT molecular complexity index is 1410. The van der Waals surface area contributed by atoms with E-state index in [9.17, 15) is 32.3 Å². The molecule has 12 heteroatoms. The van der Waals surface area contributed by atoms with Gasteiger partial charge in [-0.1, -0.05) is 29.8 Å². The van der Waals surface area contributed by atoms with Crippen LogP contribution in [0.5, 0.6) is 0 Å². The van der Waals surface area contributed by atoms with Crippen molar-refractivity contribution >= 4 is 29.1 Å². The number of hydrogen-bond donors (Lipinski definition) is 2. The lowest BCUT2D eigenvalue weighted by molar-refractivity contribution is -0.141. The molecule has 7 nitrogen and oxygen atoms in total. The molecule has 2 aliphatic rings. The van der Waals surface area contributed by atoms with Crippen molar-refractivity contribution < 1.29 is 32.3 Å². The highest BCUT2D eigenvalue weighted by Gasteiger charge is 2.52. The molecule has 1 aromatic carbocycles. The summed E-state index contributed by atoms with van der Waals surface area (Å²) in [6.45, 7) is 0.288. The average molecular weight is 563 g/mol. The summed E-state index contributed by atoms with van der Waals surface area (Å²) >= 11 is 5.79. The van der Waals surface area contributed by atoms with Crippen LogP contribution in [0.2, 0.25) is 5.02 Å². The predicted molar refractivity (Wildman–Crippen MR) is 133 cm³/mol. The second kappa shape index (κ2) is 10.2. The van der Waals surface area contributed by atoms with Crippen molar-refractivity contribution in [2.45, 2.75) is 43.5 Å². The van der Waals surface area contributed by atoms with Gasteiger partial charge in [-0.3, -0.25) is 14.6 Å². The second-order valence-corrected chi connectivity index (χ2v) is 10.2. The fourth-order valence-electron chi connectivity index (χ4n) is 5.30. The third-order valence-corrected chi connectivity index (χ3v) is 7.43. The minimum atomic E-state index is -4.81. The summed E-state index contributed by atoms with van der Waals surface area (Å²) in [5.74, 6) is -2.08. The van der Waals surface area contributed by atoms with Gasteiger partial charge >= 0.3 is 6.18 Å². The number of amides is 2. The van der Waals surface area contributed by atoms with Crippen molar-refractivity contribution in [2.75, 3.05) is 11.4 Å². The zero-order valence-electron chi connectivity index (χ0n) is 20.4. The largest absolute Gasteiger partial charge is 0.434 e. The highest BCUT2D eigenvalue weighted by atomic mass is 35.5. The minimum absolute atomic E-state index is 0.0113. The molecule has 5 rings (SSSR count). The van der Waals surface area contributed by atoms with Crippen LogP contribution in [0.1, 0.15) is 53.0 Å². The number of halogens is 5. The van der Waals surface area contributed by atoms with Crippen LogP contribution in [-0.4, -0.2) is 39.5 Å². The maximum absolute atomic E-state index is 13.5. The third kappa shape index (κ3) is 5.08.